The summed E-state index contributed by atoms with van der Waals surface area (Å²) in [6, 6.07) is -0.212. The first kappa shape index (κ1) is 8.50. The maximum atomic E-state index is 11.7. The lowest BCUT2D eigenvalue weighted by atomic mass is 10.0. The number of urea groups is 1. The Hall–Kier alpha value is -1.10. The molecule has 0 aromatic rings. The van der Waals surface area contributed by atoms with Gasteiger partial charge in [0.1, 0.15) is 5.54 Å². The van der Waals surface area contributed by atoms with Gasteiger partial charge in [-0.3, -0.25) is 9.69 Å². The molecule has 0 bridgehead atoms. The molecule has 0 aliphatic carbocycles. The van der Waals surface area contributed by atoms with Gasteiger partial charge in [0, 0.05) is 13.1 Å². The lowest BCUT2D eigenvalue weighted by Crippen LogP contribution is -2.59. The van der Waals surface area contributed by atoms with Crippen LogP contribution in [0.5, 0.6) is 0 Å². The molecule has 2 saturated heterocycles. The summed E-state index contributed by atoms with van der Waals surface area (Å²) in [7, 11) is 0. The topological polar surface area (TPSA) is 61.4 Å². The average Bonchev–Trinajstić information content (AvgIpc) is 2.08. The third kappa shape index (κ3) is 1.11. The molecule has 0 aromatic heterocycles. The second kappa shape index (κ2) is 2.45. The van der Waals surface area contributed by atoms with Gasteiger partial charge in [0.05, 0.1) is 6.04 Å². The molecule has 0 atom stereocenters. The van der Waals surface area contributed by atoms with E-state index < -0.39 is 5.54 Å². The fourth-order valence-electron chi connectivity index (χ4n) is 1.56. The number of hydrogen-bond donors (Lipinski definition) is 2. The summed E-state index contributed by atoms with van der Waals surface area (Å²) in [5.41, 5.74) is -0.729. The highest BCUT2D eigenvalue weighted by Crippen LogP contribution is 2.20. The van der Waals surface area contributed by atoms with Gasteiger partial charge in [0.2, 0.25) is 0 Å². The van der Waals surface area contributed by atoms with E-state index in [1.54, 1.807) is 13.8 Å². The molecular weight excluding hydrogens is 170 g/mol. The van der Waals surface area contributed by atoms with E-state index in [9.17, 15) is 9.59 Å². The Balaban J connectivity index is 2.19. The van der Waals surface area contributed by atoms with E-state index >= 15 is 0 Å². The third-order valence-corrected chi connectivity index (χ3v) is 2.52. The number of imide groups is 1. The maximum absolute atomic E-state index is 11.7. The minimum Gasteiger partial charge on any atom is -0.324 e. The van der Waals surface area contributed by atoms with Crippen molar-refractivity contribution in [1.82, 2.24) is 15.5 Å². The van der Waals surface area contributed by atoms with E-state index in [0.717, 1.165) is 13.1 Å². The number of nitrogens with one attached hydrogen (secondary N) is 2. The van der Waals surface area contributed by atoms with E-state index in [-0.39, 0.29) is 18.0 Å². The van der Waals surface area contributed by atoms with Crippen LogP contribution in [0.15, 0.2) is 0 Å². The fourth-order valence-corrected chi connectivity index (χ4v) is 1.56. The summed E-state index contributed by atoms with van der Waals surface area (Å²) in [4.78, 5) is 24.4. The van der Waals surface area contributed by atoms with Gasteiger partial charge in [-0.25, -0.2) is 4.79 Å². The average molecular weight is 183 g/mol. The number of rotatable bonds is 1. The molecule has 2 aliphatic rings. The van der Waals surface area contributed by atoms with Crippen molar-refractivity contribution in [3.63, 3.8) is 0 Å². The predicted octanol–water partition coefficient (Wildman–Crippen LogP) is -0.711. The standard InChI is InChI=1S/C8H13N3O2/c1-8(2)6(12)11(7(13)10-8)5-3-9-4-5/h5,9H,3-4H2,1-2H3,(H,10,13). The second-order valence-electron chi connectivity index (χ2n) is 4.04. The molecule has 0 aromatic carbocycles. The van der Waals surface area contributed by atoms with Crippen molar-refractivity contribution in [2.75, 3.05) is 13.1 Å². The number of carbonyl (C=O) groups excluding carboxylic acids is 2. The van der Waals surface area contributed by atoms with Crippen molar-refractivity contribution in [3.8, 4) is 0 Å². The van der Waals surface area contributed by atoms with Crippen LogP contribution in [-0.2, 0) is 4.79 Å². The minimum absolute atomic E-state index is 0.0503. The van der Waals surface area contributed by atoms with Crippen molar-refractivity contribution >= 4 is 11.9 Å². The van der Waals surface area contributed by atoms with Crippen molar-refractivity contribution < 1.29 is 9.59 Å². The lowest BCUT2D eigenvalue weighted by Gasteiger charge is -2.33. The predicted molar refractivity (Wildman–Crippen MR) is 46.1 cm³/mol. The van der Waals surface area contributed by atoms with Crippen LogP contribution in [0.4, 0.5) is 4.79 Å². The third-order valence-electron chi connectivity index (χ3n) is 2.52. The van der Waals surface area contributed by atoms with E-state index in [2.05, 4.69) is 10.6 Å². The van der Waals surface area contributed by atoms with Gasteiger partial charge in [-0.05, 0) is 13.8 Å². The maximum Gasteiger partial charge on any atom is 0.325 e. The summed E-state index contributed by atoms with van der Waals surface area (Å²) in [6.07, 6.45) is 0. The molecule has 5 nitrogen and oxygen atoms in total. The minimum atomic E-state index is -0.729. The first-order valence-electron chi connectivity index (χ1n) is 4.39. The highest BCUT2D eigenvalue weighted by molar-refractivity contribution is 6.06. The number of amides is 3. The van der Waals surface area contributed by atoms with Crippen LogP contribution in [0, 0.1) is 0 Å². The van der Waals surface area contributed by atoms with Gasteiger partial charge >= 0.3 is 6.03 Å². The number of hydrogen-bond acceptors (Lipinski definition) is 3. The molecule has 3 amide bonds. The second-order valence-corrected chi connectivity index (χ2v) is 4.04. The Morgan fingerprint density at radius 3 is 2.31 bits per heavy atom. The highest BCUT2D eigenvalue weighted by Gasteiger charge is 2.48. The summed E-state index contributed by atoms with van der Waals surface area (Å²) in [5, 5.41) is 5.68. The highest BCUT2D eigenvalue weighted by atomic mass is 16.2. The quantitative estimate of drug-likeness (QED) is 0.528. The van der Waals surface area contributed by atoms with Crippen molar-refractivity contribution in [2.24, 2.45) is 0 Å². The van der Waals surface area contributed by atoms with Crippen LogP contribution in [0.2, 0.25) is 0 Å². The van der Waals surface area contributed by atoms with Crippen LogP contribution in [0.3, 0.4) is 0 Å². The molecule has 0 radical (unpaired) electrons. The largest absolute Gasteiger partial charge is 0.325 e. The van der Waals surface area contributed by atoms with Crippen molar-refractivity contribution in [3.05, 3.63) is 0 Å². The Kier molecular flexibility index (Phi) is 1.60. The zero-order valence-electron chi connectivity index (χ0n) is 7.76. The molecule has 13 heavy (non-hydrogen) atoms. The molecule has 2 N–H and O–H groups in total. The summed E-state index contributed by atoms with van der Waals surface area (Å²) < 4.78 is 0. The van der Waals surface area contributed by atoms with Crippen LogP contribution in [0.25, 0.3) is 0 Å². The smallest absolute Gasteiger partial charge is 0.324 e. The molecule has 0 saturated carbocycles. The molecule has 0 spiro atoms. The summed E-state index contributed by atoms with van der Waals surface area (Å²) >= 11 is 0. The molecular formula is C8H13N3O2. The van der Waals surface area contributed by atoms with Crippen molar-refractivity contribution in [2.45, 2.75) is 25.4 Å². The van der Waals surface area contributed by atoms with Gasteiger partial charge in [-0.1, -0.05) is 0 Å². The Bertz CT molecular complexity index is 271. The first-order valence-corrected chi connectivity index (χ1v) is 4.39. The van der Waals surface area contributed by atoms with Crippen molar-refractivity contribution in [1.29, 1.82) is 0 Å². The normalized spacial score (nSPS) is 27.4. The van der Waals surface area contributed by atoms with Crippen LogP contribution >= 0.6 is 0 Å². The molecule has 2 rings (SSSR count). The molecule has 5 heteroatoms. The van der Waals surface area contributed by atoms with E-state index in [4.69, 9.17) is 0 Å². The Morgan fingerprint density at radius 1 is 1.38 bits per heavy atom. The van der Waals surface area contributed by atoms with E-state index in [1.807, 2.05) is 0 Å². The number of carbonyl (C=O) groups is 2. The van der Waals surface area contributed by atoms with Gasteiger partial charge in [0.25, 0.3) is 5.91 Å². The van der Waals surface area contributed by atoms with Gasteiger partial charge in [-0.15, -0.1) is 0 Å². The molecule has 0 unspecified atom stereocenters. The fraction of sp³-hybridized carbons (Fsp3) is 0.750. The van der Waals surface area contributed by atoms with Gasteiger partial charge in [-0.2, -0.15) is 0 Å². The molecule has 2 heterocycles. The zero-order valence-corrected chi connectivity index (χ0v) is 7.76. The first-order chi connectivity index (χ1) is 6.02. The molecule has 2 aliphatic heterocycles. The Labute approximate surface area is 76.5 Å². The number of nitrogens with zero attached hydrogens (tertiary/aromatic N) is 1. The van der Waals surface area contributed by atoms with E-state index in [0.29, 0.717) is 0 Å². The summed E-state index contributed by atoms with van der Waals surface area (Å²) in [6.45, 7) is 4.88. The zero-order chi connectivity index (χ0) is 9.64. The van der Waals surface area contributed by atoms with Gasteiger partial charge in [0.15, 0.2) is 0 Å². The lowest BCUT2D eigenvalue weighted by molar-refractivity contribution is -0.132. The summed E-state index contributed by atoms with van der Waals surface area (Å²) in [5.74, 6) is -0.121. The monoisotopic (exact) mass is 183 g/mol. The van der Waals surface area contributed by atoms with E-state index in [1.165, 1.54) is 4.90 Å². The molecule has 2 fully saturated rings. The van der Waals surface area contributed by atoms with Crippen LogP contribution in [-0.4, -0.2) is 41.5 Å². The SMILES string of the molecule is CC1(C)NC(=O)N(C2CNC2)C1=O. The molecule has 72 valence electrons. The van der Waals surface area contributed by atoms with Gasteiger partial charge < -0.3 is 10.6 Å². The van der Waals surface area contributed by atoms with Crippen LogP contribution in [0.1, 0.15) is 13.8 Å². The Morgan fingerprint density at radius 2 is 2.00 bits per heavy atom. The van der Waals surface area contributed by atoms with Crippen LogP contribution < -0.4 is 10.6 Å².